The molecule has 6 nitrogen and oxygen atoms in total. The third-order valence-electron chi connectivity index (χ3n) is 9.33. The van der Waals surface area contributed by atoms with E-state index in [9.17, 15) is 53.1 Å². The molecule has 5 rings (SSSR count). The van der Waals surface area contributed by atoms with Gasteiger partial charge in [-0.1, -0.05) is 18.2 Å². The second-order valence-corrected chi connectivity index (χ2v) is 13.7. The lowest BCUT2D eigenvalue weighted by atomic mass is 9.72. The average Bonchev–Trinajstić information content (AvgIpc) is 3.37. The van der Waals surface area contributed by atoms with Crippen LogP contribution in [0.15, 0.2) is 47.4 Å². The molecule has 3 atom stereocenters. The van der Waals surface area contributed by atoms with Crippen LogP contribution in [0.1, 0.15) is 42.9 Å². The molecule has 1 saturated carbocycles. The van der Waals surface area contributed by atoms with Crippen LogP contribution in [0.25, 0.3) is 0 Å². The summed E-state index contributed by atoms with van der Waals surface area (Å²) in [5.41, 5.74) is -7.74. The minimum absolute atomic E-state index is 0.0379. The molecule has 15 heteroatoms. The lowest BCUT2D eigenvalue weighted by Gasteiger charge is -2.43. The Kier molecular flexibility index (Phi) is 7.82. The summed E-state index contributed by atoms with van der Waals surface area (Å²) >= 11 is 0. The molecule has 240 valence electrons. The van der Waals surface area contributed by atoms with Crippen LogP contribution in [-0.2, 0) is 36.3 Å². The Hall–Kier alpha value is -3.23. The van der Waals surface area contributed by atoms with E-state index in [4.69, 9.17) is 0 Å². The van der Waals surface area contributed by atoms with Crippen LogP contribution in [0.5, 0.6) is 0 Å². The zero-order chi connectivity index (χ0) is 32.5. The molecule has 1 aliphatic heterocycles. The van der Waals surface area contributed by atoms with Gasteiger partial charge in [0.15, 0.2) is 9.84 Å². The average molecular weight is 653 g/mol. The number of aryl methyl sites for hydroxylation is 1. The molecule has 2 aliphatic carbocycles. The molecule has 2 amide bonds. The molecule has 2 aromatic rings. The zero-order valence-corrected chi connectivity index (χ0v) is 24.1. The van der Waals surface area contributed by atoms with Crippen molar-refractivity contribution < 1.29 is 53.1 Å². The van der Waals surface area contributed by atoms with Crippen molar-refractivity contribution in [1.29, 1.82) is 0 Å². The second-order valence-electron chi connectivity index (χ2n) is 11.5. The van der Waals surface area contributed by atoms with Gasteiger partial charge in [0.2, 0.25) is 11.8 Å². The van der Waals surface area contributed by atoms with Gasteiger partial charge in [0.25, 0.3) is 0 Å². The highest BCUT2D eigenvalue weighted by atomic mass is 32.2. The largest absolute Gasteiger partial charge is 0.435 e. The summed E-state index contributed by atoms with van der Waals surface area (Å²) in [5, 5.41) is 0. The van der Waals surface area contributed by atoms with Gasteiger partial charge in [0.1, 0.15) is 10.6 Å². The highest BCUT2D eigenvalue weighted by Gasteiger charge is 2.74. The summed E-state index contributed by atoms with van der Waals surface area (Å²) in [4.78, 5) is 28.2. The van der Waals surface area contributed by atoms with Crippen molar-refractivity contribution in [2.45, 2.75) is 60.3 Å². The molecule has 1 saturated heterocycles. The number of rotatable bonds is 4. The molecule has 0 spiro atoms. The Balaban J connectivity index is 1.62. The first-order valence-electron chi connectivity index (χ1n) is 13.9. The lowest BCUT2D eigenvalue weighted by Crippen LogP contribution is -2.53. The molecule has 0 bridgehead atoms. The predicted molar refractivity (Wildman–Crippen MR) is 140 cm³/mol. The Morgan fingerprint density at radius 3 is 1.95 bits per heavy atom. The number of carbonyl (C=O) groups is 2. The third-order valence-corrected chi connectivity index (χ3v) is 11.9. The van der Waals surface area contributed by atoms with Crippen molar-refractivity contribution in [2.75, 3.05) is 26.2 Å². The number of carbonyl (C=O) groups excluding carboxylic acids is 2. The quantitative estimate of drug-likeness (QED) is 0.326. The second kappa shape index (κ2) is 10.7. The first-order chi connectivity index (χ1) is 20.4. The Bertz CT molecular complexity index is 1550. The van der Waals surface area contributed by atoms with E-state index in [1.165, 1.54) is 11.8 Å². The van der Waals surface area contributed by atoms with Crippen LogP contribution in [0, 0.1) is 17.7 Å². The normalized spacial score (nSPS) is 24.6. The SMILES string of the molecule is CC(=O)N1CCN(C(=O)[C@H]2CC[C@@]3(S(=O)(=O)c4ccc(F)cc4)c4ccc(C(F)(C(F)(F)F)C(F)(F)F)cc4CC[C@@H]23)CC1. The van der Waals surface area contributed by atoms with Gasteiger partial charge in [-0.3, -0.25) is 9.59 Å². The molecule has 1 heterocycles. The number of hydrogen-bond donors (Lipinski definition) is 0. The molecule has 44 heavy (non-hydrogen) atoms. The van der Waals surface area contributed by atoms with Gasteiger partial charge in [0.05, 0.1) is 4.90 Å². The molecular weight excluding hydrogens is 624 g/mol. The van der Waals surface area contributed by atoms with Crippen molar-refractivity contribution in [3.05, 3.63) is 65.0 Å². The van der Waals surface area contributed by atoms with E-state index < -0.39 is 55.8 Å². The van der Waals surface area contributed by atoms with Crippen LogP contribution in [0.4, 0.5) is 35.1 Å². The molecule has 0 radical (unpaired) electrons. The number of halogens is 8. The number of hydrogen-bond acceptors (Lipinski definition) is 4. The van der Waals surface area contributed by atoms with Gasteiger partial charge in [-0.05, 0) is 67.0 Å². The number of amides is 2. The first-order valence-corrected chi connectivity index (χ1v) is 15.4. The molecule has 0 N–H and O–H groups in total. The molecule has 2 fully saturated rings. The first kappa shape index (κ1) is 32.2. The van der Waals surface area contributed by atoms with Crippen molar-refractivity contribution in [3.63, 3.8) is 0 Å². The van der Waals surface area contributed by atoms with Crippen molar-refractivity contribution in [2.24, 2.45) is 11.8 Å². The van der Waals surface area contributed by atoms with Gasteiger partial charge in [-0.25, -0.2) is 17.2 Å². The zero-order valence-electron chi connectivity index (χ0n) is 23.3. The predicted octanol–water partition coefficient (Wildman–Crippen LogP) is 5.45. The van der Waals surface area contributed by atoms with Gasteiger partial charge >= 0.3 is 18.0 Å². The summed E-state index contributed by atoms with van der Waals surface area (Å²) in [5.74, 6) is -3.08. The van der Waals surface area contributed by atoms with Crippen molar-refractivity contribution in [1.82, 2.24) is 9.80 Å². The topological polar surface area (TPSA) is 74.8 Å². The summed E-state index contributed by atoms with van der Waals surface area (Å²) < 4.78 is 137. The van der Waals surface area contributed by atoms with Gasteiger partial charge < -0.3 is 9.80 Å². The highest BCUT2D eigenvalue weighted by Crippen LogP contribution is 2.61. The van der Waals surface area contributed by atoms with E-state index in [1.807, 2.05) is 0 Å². The van der Waals surface area contributed by atoms with Gasteiger partial charge in [0, 0.05) is 44.6 Å². The molecule has 0 aromatic heterocycles. The summed E-state index contributed by atoms with van der Waals surface area (Å²) in [7, 11) is -4.54. The van der Waals surface area contributed by atoms with E-state index in [2.05, 4.69) is 0 Å². The minimum Gasteiger partial charge on any atom is -0.339 e. The number of sulfone groups is 1. The third kappa shape index (κ3) is 4.76. The number of nitrogens with zero attached hydrogens (tertiary/aromatic N) is 2. The summed E-state index contributed by atoms with van der Waals surface area (Å²) in [6.07, 6.45) is -13.2. The van der Waals surface area contributed by atoms with Crippen molar-refractivity contribution in [3.8, 4) is 0 Å². The fraction of sp³-hybridized carbons (Fsp3) is 0.517. The minimum atomic E-state index is -6.36. The Morgan fingerprint density at radius 1 is 0.841 bits per heavy atom. The number of alkyl halides is 7. The van der Waals surface area contributed by atoms with Crippen LogP contribution in [-0.4, -0.2) is 68.6 Å². The molecular formula is C29H28F8N2O4S. The fourth-order valence-corrected chi connectivity index (χ4v) is 9.62. The fourth-order valence-electron chi connectivity index (χ4n) is 7.15. The van der Waals surface area contributed by atoms with Crippen LogP contribution >= 0.6 is 0 Å². The van der Waals surface area contributed by atoms with Crippen LogP contribution < -0.4 is 0 Å². The maximum absolute atomic E-state index is 15.0. The van der Waals surface area contributed by atoms with Crippen molar-refractivity contribution >= 4 is 21.7 Å². The summed E-state index contributed by atoms with van der Waals surface area (Å²) in [6.45, 7) is 2.34. The maximum atomic E-state index is 15.0. The maximum Gasteiger partial charge on any atom is 0.435 e. The summed E-state index contributed by atoms with van der Waals surface area (Å²) in [6, 6.07) is 5.35. The van der Waals surface area contributed by atoms with E-state index >= 15 is 0 Å². The van der Waals surface area contributed by atoms with E-state index in [0.717, 1.165) is 30.3 Å². The molecule has 0 unspecified atom stereocenters. The van der Waals surface area contributed by atoms with E-state index in [-0.39, 0.29) is 79.7 Å². The number of fused-ring (bicyclic) bond motifs is 3. The number of benzene rings is 2. The van der Waals surface area contributed by atoms with Gasteiger partial charge in [-0.15, -0.1) is 0 Å². The van der Waals surface area contributed by atoms with E-state index in [1.54, 1.807) is 4.90 Å². The monoisotopic (exact) mass is 652 g/mol. The van der Waals surface area contributed by atoms with Crippen LogP contribution in [0.2, 0.25) is 0 Å². The van der Waals surface area contributed by atoms with Crippen LogP contribution in [0.3, 0.4) is 0 Å². The number of piperazine rings is 1. The highest BCUT2D eigenvalue weighted by molar-refractivity contribution is 7.92. The smallest absolute Gasteiger partial charge is 0.339 e. The Morgan fingerprint density at radius 2 is 1.41 bits per heavy atom. The molecule has 2 aromatic carbocycles. The molecule has 3 aliphatic rings. The standard InChI is InChI=1S/C29H28F8N2O4S/c1-17(40)38-12-14-39(15-13-38)25(41)22-10-11-26(44(42,43)21-6-4-20(30)5-7-21)23-9-3-19(16-18(23)2-8-24(22)26)27(31,28(32,33)34)29(35,36)37/h3-7,9,16,22,24H,2,8,10-15H2,1H3/t22-,24-,26+/m0/s1. The van der Waals surface area contributed by atoms with Gasteiger partial charge in [-0.2, -0.15) is 26.3 Å². The lowest BCUT2D eigenvalue weighted by molar-refractivity contribution is -0.348. The Labute approximate surface area is 247 Å². The van der Waals surface area contributed by atoms with E-state index in [0.29, 0.717) is 12.1 Å².